The maximum Gasteiger partial charge on any atom is 0.0721 e. The van der Waals surface area contributed by atoms with Crippen molar-refractivity contribution < 1.29 is 4.74 Å². The molecule has 0 aliphatic heterocycles. The number of halogens is 2. The molecule has 0 spiro atoms. The summed E-state index contributed by atoms with van der Waals surface area (Å²) < 4.78 is 5.85. The summed E-state index contributed by atoms with van der Waals surface area (Å²) in [7, 11) is 0. The van der Waals surface area contributed by atoms with E-state index in [4.69, 9.17) is 33.7 Å². The van der Waals surface area contributed by atoms with E-state index in [-0.39, 0.29) is 6.10 Å². The van der Waals surface area contributed by atoms with E-state index in [9.17, 15) is 0 Å². The zero-order chi connectivity index (χ0) is 12.3. The number of ether oxygens (including phenoxy) is 1. The second kappa shape index (κ2) is 6.05. The van der Waals surface area contributed by atoms with Gasteiger partial charge < -0.3 is 10.5 Å². The number of benzene rings is 1. The fourth-order valence-electron chi connectivity index (χ4n) is 2.18. The number of nitrogens with two attached hydrogens (primary N) is 1. The molecule has 0 bridgehead atoms. The normalized spacial score (nSPS) is 24.9. The third-order valence-corrected chi connectivity index (χ3v) is 3.88. The molecule has 0 heterocycles. The fraction of sp³-hybridized carbons (Fsp3) is 0.538. The van der Waals surface area contributed by atoms with E-state index in [1.807, 2.05) is 12.1 Å². The third-order valence-electron chi connectivity index (χ3n) is 3.14. The first-order valence-corrected chi connectivity index (χ1v) is 6.72. The van der Waals surface area contributed by atoms with Crippen molar-refractivity contribution in [2.45, 2.75) is 44.4 Å². The van der Waals surface area contributed by atoms with E-state index >= 15 is 0 Å². The molecular formula is C13H17Cl2NO. The van der Waals surface area contributed by atoms with E-state index in [1.165, 1.54) is 0 Å². The molecule has 0 saturated heterocycles. The lowest BCUT2D eigenvalue weighted by Gasteiger charge is -2.26. The van der Waals surface area contributed by atoms with Crippen molar-refractivity contribution in [2.75, 3.05) is 0 Å². The van der Waals surface area contributed by atoms with Crippen molar-refractivity contribution >= 4 is 23.2 Å². The molecule has 2 unspecified atom stereocenters. The Morgan fingerprint density at radius 3 is 2.76 bits per heavy atom. The van der Waals surface area contributed by atoms with Crippen LogP contribution in [0.4, 0.5) is 0 Å². The highest BCUT2D eigenvalue weighted by molar-refractivity contribution is 6.41. The van der Waals surface area contributed by atoms with Gasteiger partial charge in [0.15, 0.2) is 0 Å². The van der Waals surface area contributed by atoms with Gasteiger partial charge in [0.1, 0.15) is 0 Å². The van der Waals surface area contributed by atoms with Crippen LogP contribution in [0.2, 0.25) is 10.0 Å². The van der Waals surface area contributed by atoms with Crippen LogP contribution in [0.5, 0.6) is 0 Å². The highest BCUT2D eigenvalue weighted by atomic mass is 35.5. The Morgan fingerprint density at radius 1 is 1.24 bits per heavy atom. The van der Waals surface area contributed by atoms with E-state index in [1.54, 1.807) is 6.07 Å². The highest BCUT2D eigenvalue weighted by Crippen LogP contribution is 2.25. The molecule has 4 heteroatoms. The van der Waals surface area contributed by atoms with Crippen molar-refractivity contribution in [3.8, 4) is 0 Å². The molecular weight excluding hydrogens is 257 g/mol. The van der Waals surface area contributed by atoms with Crippen molar-refractivity contribution in [2.24, 2.45) is 5.73 Å². The average molecular weight is 274 g/mol. The zero-order valence-corrected chi connectivity index (χ0v) is 11.2. The first kappa shape index (κ1) is 13.2. The average Bonchev–Trinajstić information content (AvgIpc) is 2.31. The maximum absolute atomic E-state index is 5.95. The Bertz CT molecular complexity index is 384. The summed E-state index contributed by atoms with van der Waals surface area (Å²) in [6.45, 7) is 0.578. The second-order valence-corrected chi connectivity index (χ2v) is 5.42. The van der Waals surface area contributed by atoms with Gasteiger partial charge in [0.05, 0.1) is 22.8 Å². The largest absolute Gasteiger partial charge is 0.373 e. The molecule has 1 aliphatic rings. The van der Waals surface area contributed by atoms with Gasteiger partial charge in [-0.15, -0.1) is 0 Å². The molecule has 1 fully saturated rings. The number of hydrogen-bond donors (Lipinski definition) is 1. The molecule has 2 nitrogen and oxygen atoms in total. The Balaban J connectivity index is 1.86. The van der Waals surface area contributed by atoms with Gasteiger partial charge in [0.25, 0.3) is 0 Å². The van der Waals surface area contributed by atoms with Crippen molar-refractivity contribution in [3.63, 3.8) is 0 Å². The molecule has 94 valence electrons. The van der Waals surface area contributed by atoms with Crippen LogP contribution in [0, 0.1) is 0 Å². The maximum atomic E-state index is 5.95. The highest BCUT2D eigenvalue weighted by Gasteiger charge is 2.19. The minimum absolute atomic E-state index is 0.285. The minimum Gasteiger partial charge on any atom is -0.373 e. The van der Waals surface area contributed by atoms with Crippen LogP contribution < -0.4 is 5.73 Å². The standard InChI is InChI=1S/C13H17Cl2NO/c14-12-5-4-9(6-13(12)15)8-17-11-3-1-2-10(16)7-11/h4-6,10-11H,1-3,7-8,16H2. The molecule has 0 amide bonds. The lowest BCUT2D eigenvalue weighted by atomic mass is 9.93. The molecule has 2 atom stereocenters. The molecule has 1 aromatic rings. The SMILES string of the molecule is NC1CCCC(OCc2ccc(Cl)c(Cl)c2)C1. The summed E-state index contributed by atoms with van der Waals surface area (Å²) in [6, 6.07) is 5.89. The molecule has 0 aromatic heterocycles. The van der Waals surface area contributed by atoms with Crippen LogP contribution in [0.1, 0.15) is 31.2 Å². The number of rotatable bonds is 3. The third kappa shape index (κ3) is 3.85. The zero-order valence-electron chi connectivity index (χ0n) is 9.66. The van der Waals surface area contributed by atoms with Gasteiger partial charge in [-0.1, -0.05) is 29.3 Å². The molecule has 1 saturated carbocycles. The summed E-state index contributed by atoms with van der Waals surface area (Å²) in [6.07, 6.45) is 4.63. The second-order valence-electron chi connectivity index (χ2n) is 4.61. The molecule has 1 aromatic carbocycles. The number of hydrogen-bond acceptors (Lipinski definition) is 2. The van der Waals surface area contributed by atoms with Gasteiger partial charge >= 0.3 is 0 Å². The summed E-state index contributed by atoms with van der Waals surface area (Å²) in [5, 5.41) is 1.16. The van der Waals surface area contributed by atoms with Gasteiger partial charge in [0.2, 0.25) is 0 Å². The van der Waals surface area contributed by atoms with Crippen LogP contribution in [-0.2, 0) is 11.3 Å². The van der Waals surface area contributed by atoms with Crippen molar-refractivity contribution in [1.82, 2.24) is 0 Å². The summed E-state index contributed by atoms with van der Waals surface area (Å²) in [4.78, 5) is 0. The predicted molar refractivity (Wildman–Crippen MR) is 71.5 cm³/mol. The fourth-order valence-corrected chi connectivity index (χ4v) is 2.50. The molecule has 1 aliphatic carbocycles. The summed E-state index contributed by atoms with van der Waals surface area (Å²) >= 11 is 11.8. The first-order valence-electron chi connectivity index (χ1n) is 5.96. The molecule has 17 heavy (non-hydrogen) atoms. The summed E-state index contributed by atoms with van der Waals surface area (Å²) in [5.74, 6) is 0. The Hall–Kier alpha value is -0.280. The van der Waals surface area contributed by atoms with Crippen molar-refractivity contribution in [1.29, 1.82) is 0 Å². The monoisotopic (exact) mass is 273 g/mol. The van der Waals surface area contributed by atoms with Crippen molar-refractivity contribution in [3.05, 3.63) is 33.8 Å². The van der Waals surface area contributed by atoms with Crippen LogP contribution >= 0.6 is 23.2 Å². The summed E-state index contributed by atoms with van der Waals surface area (Å²) in [5.41, 5.74) is 6.97. The smallest absolute Gasteiger partial charge is 0.0721 e. The molecule has 0 radical (unpaired) electrons. The van der Waals surface area contributed by atoms with Gasteiger partial charge in [-0.25, -0.2) is 0 Å². The van der Waals surface area contributed by atoms with Gasteiger partial charge in [-0.2, -0.15) is 0 Å². The van der Waals surface area contributed by atoms with E-state index in [2.05, 4.69) is 0 Å². The van der Waals surface area contributed by atoms with E-state index in [0.29, 0.717) is 22.7 Å². The van der Waals surface area contributed by atoms with E-state index in [0.717, 1.165) is 31.2 Å². The van der Waals surface area contributed by atoms with Gasteiger partial charge in [0, 0.05) is 6.04 Å². The van der Waals surface area contributed by atoms with E-state index < -0.39 is 0 Å². The molecule has 2 rings (SSSR count). The Morgan fingerprint density at radius 2 is 2.06 bits per heavy atom. The lowest BCUT2D eigenvalue weighted by molar-refractivity contribution is 0.0123. The van der Waals surface area contributed by atoms with Gasteiger partial charge in [-0.05, 0) is 43.4 Å². The molecule has 2 N–H and O–H groups in total. The van der Waals surface area contributed by atoms with Crippen LogP contribution in [0.15, 0.2) is 18.2 Å². The van der Waals surface area contributed by atoms with Crippen LogP contribution in [-0.4, -0.2) is 12.1 Å². The predicted octanol–water partition coefficient (Wildman–Crippen LogP) is 3.78. The van der Waals surface area contributed by atoms with Crippen LogP contribution in [0.3, 0.4) is 0 Å². The first-order chi connectivity index (χ1) is 8.15. The van der Waals surface area contributed by atoms with Crippen LogP contribution in [0.25, 0.3) is 0 Å². The topological polar surface area (TPSA) is 35.2 Å². The lowest BCUT2D eigenvalue weighted by Crippen LogP contribution is -2.32. The minimum atomic E-state index is 0.285. The Kier molecular flexibility index (Phi) is 4.69. The quantitative estimate of drug-likeness (QED) is 0.910. The van der Waals surface area contributed by atoms with Gasteiger partial charge in [-0.3, -0.25) is 0 Å². The Labute approximate surface area is 112 Å².